The van der Waals surface area contributed by atoms with Crippen molar-refractivity contribution in [3.8, 4) is 6.07 Å². The maximum Gasteiger partial charge on any atom is 0.236 e. The van der Waals surface area contributed by atoms with Crippen molar-refractivity contribution < 1.29 is 4.79 Å². The van der Waals surface area contributed by atoms with Crippen LogP contribution in [-0.2, 0) is 4.79 Å². The van der Waals surface area contributed by atoms with Crippen molar-refractivity contribution >= 4 is 17.8 Å². The molecule has 4 heteroatoms. The third-order valence-electron chi connectivity index (χ3n) is 1.79. The van der Waals surface area contributed by atoms with Crippen LogP contribution in [0.2, 0.25) is 0 Å². The monoisotopic (exact) mass is 168 g/mol. The van der Waals surface area contributed by atoms with E-state index in [4.69, 9.17) is 5.26 Å². The Balaban J connectivity index is 2.74. The molecule has 0 aromatic heterocycles. The van der Waals surface area contributed by atoms with Gasteiger partial charge in [0, 0.05) is 0 Å². The second-order valence-electron chi connectivity index (χ2n) is 2.46. The molecule has 0 spiro atoms. The fourth-order valence-corrected chi connectivity index (χ4v) is 2.21. The maximum atomic E-state index is 9.99. The molecule has 11 heavy (non-hydrogen) atoms. The van der Waals surface area contributed by atoms with Crippen LogP contribution in [0.5, 0.6) is 0 Å². The van der Waals surface area contributed by atoms with Crippen molar-refractivity contribution in [3.63, 3.8) is 0 Å². The molecule has 1 fully saturated rings. The molecule has 0 unspecified atom stereocenters. The lowest BCUT2D eigenvalue weighted by molar-refractivity contribution is 0.492. The SMILES string of the molecule is N#CC1(N=C=O)CCSCC1. The highest BCUT2D eigenvalue weighted by atomic mass is 32.2. The van der Waals surface area contributed by atoms with Gasteiger partial charge in [-0.25, -0.2) is 4.79 Å². The molecule has 1 rings (SSSR count). The van der Waals surface area contributed by atoms with Crippen LogP contribution in [0.25, 0.3) is 0 Å². The summed E-state index contributed by atoms with van der Waals surface area (Å²) in [6.45, 7) is 0. The molecule has 1 aliphatic rings. The average molecular weight is 168 g/mol. The number of thioether (sulfide) groups is 1. The van der Waals surface area contributed by atoms with Gasteiger partial charge in [0.25, 0.3) is 0 Å². The second kappa shape index (κ2) is 3.56. The van der Waals surface area contributed by atoms with Crippen molar-refractivity contribution in [2.24, 2.45) is 4.99 Å². The lowest BCUT2D eigenvalue weighted by Crippen LogP contribution is -2.29. The van der Waals surface area contributed by atoms with Crippen LogP contribution in [0.3, 0.4) is 0 Å². The first-order valence-electron chi connectivity index (χ1n) is 3.41. The number of carbonyl (C=O) groups excluding carboxylic acids is 1. The highest BCUT2D eigenvalue weighted by Crippen LogP contribution is 2.29. The molecule has 0 amide bonds. The molecule has 0 N–H and O–H groups in total. The first-order valence-corrected chi connectivity index (χ1v) is 4.56. The molecular weight excluding hydrogens is 160 g/mol. The van der Waals surface area contributed by atoms with Gasteiger partial charge in [-0.1, -0.05) is 0 Å². The van der Waals surface area contributed by atoms with Gasteiger partial charge < -0.3 is 0 Å². The lowest BCUT2D eigenvalue weighted by atomic mass is 9.95. The van der Waals surface area contributed by atoms with Crippen LogP contribution >= 0.6 is 11.8 Å². The quantitative estimate of drug-likeness (QED) is 0.435. The van der Waals surface area contributed by atoms with Gasteiger partial charge >= 0.3 is 0 Å². The molecule has 0 bridgehead atoms. The molecule has 0 aromatic rings. The van der Waals surface area contributed by atoms with Gasteiger partial charge in [0.1, 0.15) is 0 Å². The summed E-state index contributed by atoms with van der Waals surface area (Å²) < 4.78 is 0. The summed E-state index contributed by atoms with van der Waals surface area (Å²) in [5, 5.41) is 8.74. The van der Waals surface area contributed by atoms with E-state index in [1.54, 1.807) is 11.8 Å². The fraction of sp³-hybridized carbons (Fsp3) is 0.714. The number of hydrogen-bond acceptors (Lipinski definition) is 4. The molecule has 1 aliphatic heterocycles. The third-order valence-corrected chi connectivity index (χ3v) is 2.77. The molecular formula is C7H8N2OS. The Bertz CT molecular complexity index is 221. The van der Waals surface area contributed by atoms with Crippen LogP contribution in [0.1, 0.15) is 12.8 Å². The Morgan fingerprint density at radius 2 is 2.09 bits per heavy atom. The van der Waals surface area contributed by atoms with Crippen molar-refractivity contribution in [3.05, 3.63) is 0 Å². The Morgan fingerprint density at radius 1 is 1.45 bits per heavy atom. The molecule has 58 valence electrons. The molecule has 0 atom stereocenters. The molecule has 1 heterocycles. The zero-order valence-corrected chi connectivity index (χ0v) is 6.86. The van der Waals surface area contributed by atoms with E-state index in [-0.39, 0.29) is 0 Å². The zero-order chi connectivity index (χ0) is 8.16. The Hall–Kier alpha value is -0.780. The number of nitriles is 1. The highest BCUT2D eigenvalue weighted by molar-refractivity contribution is 7.99. The van der Waals surface area contributed by atoms with Crippen molar-refractivity contribution in [2.75, 3.05) is 11.5 Å². The van der Waals surface area contributed by atoms with E-state index < -0.39 is 5.54 Å². The van der Waals surface area contributed by atoms with Crippen LogP contribution in [0.15, 0.2) is 4.99 Å². The van der Waals surface area contributed by atoms with E-state index in [0.29, 0.717) is 12.8 Å². The first-order chi connectivity index (χ1) is 5.33. The van der Waals surface area contributed by atoms with Gasteiger partial charge in [0.15, 0.2) is 5.54 Å². The highest BCUT2D eigenvalue weighted by Gasteiger charge is 2.31. The van der Waals surface area contributed by atoms with E-state index in [1.165, 1.54) is 6.08 Å². The predicted molar refractivity (Wildman–Crippen MR) is 43.0 cm³/mol. The Kier molecular flexibility index (Phi) is 2.70. The van der Waals surface area contributed by atoms with Crippen molar-refractivity contribution in [2.45, 2.75) is 18.4 Å². The summed E-state index contributed by atoms with van der Waals surface area (Å²) in [6.07, 6.45) is 2.84. The van der Waals surface area contributed by atoms with Crippen molar-refractivity contribution in [1.82, 2.24) is 0 Å². The largest absolute Gasteiger partial charge is 0.236 e. The zero-order valence-electron chi connectivity index (χ0n) is 6.04. The summed E-state index contributed by atoms with van der Waals surface area (Å²) >= 11 is 1.80. The number of hydrogen-bond donors (Lipinski definition) is 0. The van der Waals surface area contributed by atoms with E-state index in [2.05, 4.69) is 11.1 Å². The molecule has 1 saturated heterocycles. The van der Waals surface area contributed by atoms with E-state index in [9.17, 15) is 4.79 Å². The normalized spacial score (nSPS) is 21.4. The first kappa shape index (κ1) is 8.32. The van der Waals surface area contributed by atoms with Gasteiger partial charge in [0.05, 0.1) is 6.07 Å². The number of nitrogens with zero attached hydrogens (tertiary/aromatic N) is 2. The maximum absolute atomic E-state index is 9.99. The van der Waals surface area contributed by atoms with E-state index in [1.807, 2.05) is 0 Å². The summed E-state index contributed by atoms with van der Waals surface area (Å²) in [5.74, 6) is 1.83. The van der Waals surface area contributed by atoms with Crippen LogP contribution < -0.4 is 0 Å². The number of isocyanates is 1. The second-order valence-corrected chi connectivity index (χ2v) is 3.68. The van der Waals surface area contributed by atoms with Crippen LogP contribution in [0, 0.1) is 11.3 Å². The summed E-state index contributed by atoms with van der Waals surface area (Å²) in [7, 11) is 0. The smallest absolute Gasteiger partial charge is 0.211 e. The van der Waals surface area contributed by atoms with E-state index >= 15 is 0 Å². The van der Waals surface area contributed by atoms with Gasteiger partial charge in [-0.2, -0.15) is 22.0 Å². The molecule has 0 aliphatic carbocycles. The number of rotatable bonds is 1. The van der Waals surface area contributed by atoms with Crippen LogP contribution in [-0.4, -0.2) is 23.1 Å². The van der Waals surface area contributed by atoms with Crippen LogP contribution in [0.4, 0.5) is 0 Å². The molecule has 0 saturated carbocycles. The summed E-state index contributed by atoms with van der Waals surface area (Å²) in [5.41, 5.74) is -0.743. The molecule has 0 radical (unpaired) electrons. The third kappa shape index (κ3) is 1.83. The topological polar surface area (TPSA) is 53.2 Å². The molecule has 3 nitrogen and oxygen atoms in total. The fourth-order valence-electron chi connectivity index (χ4n) is 1.05. The van der Waals surface area contributed by atoms with Gasteiger partial charge in [-0.05, 0) is 24.3 Å². The standard InChI is InChI=1S/C7H8N2OS/c8-5-7(9-6-10)1-3-11-4-2-7/h1-4H2. The summed E-state index contributed by atoms with van der Waals surface area (Å²) in [4.78, 5) is 13.5. The van der Waals surface area contributed by atoms with Gasteiger partial charge in [-0.3, -0.25) is 0 Å². The number of aliphatic imine (C=N–C) groups is 1. The Labute approximate surface area is 69.5 Å². The van der Waals surface area contributed by atoms with Gasteiger partial charge in [-0.15, -0.1) is 0 Å². The summed E-state index contributed by atoms with van der Waals surface area (Å²) in [6, 6.07) is 2.08. The van der Waals surface area contributed by atoms with Gasteiger partial charge in [0.2, 0.25) is 6.08 Å². The molecule has 0 aromatic carbocycles. The minimum absolute atomic E-state index is 0.684. The van der Waals surface area contributed by atoms with Crippen molar-refractivity contribution in [1.29, 1.82) is 5.26 Å². The average Bonchev–Trinajstić information content (AvgIpc) is 2.07. The van der Waals surface area contributed by atoms with E-state index in [0.717, 1.165) is 11.5 Å². The minimum Gasteiger partial charge on any atom is -0.211 e. The Morgan fingerprint density at radius 3 is 2.55 bits per heavy atom. The minimum atomic E-state index is -0.743. The predicted octanol–water partition coefficient (Wildman–Crippen LogP) is 1.11. The lowest BCUT2D eigenvalue weighted by Gasteiger charge is -2.23.